The van der Waals surface area contributed by atoms with Gasteiger partial charge in [-0.15, -0.1) is 0 Å². The molecule has 4 heteroatoms. The second kappa shape index (κ2) is 4.40. The Morgan fingerprint density at radius 2 is 1.50 bits per heavy atom. The van der Waals surface area contributed by atoms with Crippen LogP contribution in [0, 0.1) is 13.8 Å². The van der Waals surface area contributed by atoms with Gasteiger partial charge in [-0.3, -0.25) is 0 Å². The summed E-state index contributed by atoms with van der Waals surface area (Å²) in [5, 5.41) is 0.802. The zero-order valence-corrected chi connectivity index (χ0v) is 10.5. The molecule has 0 amide bonds. The van der Waals surface area contributed by atoms with Crippen molar-refractivity contribution in [1.29, 1.82) is 0 Å². The van der Waals surface area contributed by atoms with Crippen molar-refractivity contribution in [2.24, 2.45) is 0 Å². The van der Waals surface area contributed by atoms with Gasteiger partial charge in [0.1, 0.15) is 10.3 Å². The first-order chi connectivity index (χ1) is 7.59. The Morgan fingerprint density at radius 3 is 2.06 bits per heavy atom. The highest BCUT2D eigenvalue weighted by Crippen LogP contribution is 2.26. The quantitative estimate of drug-likeness (QED) is 0.716. The van der Waals surface area contributed by atoms with Gasteiger partial charge in [0, 0.05) is 11.1 Å². The molecule has 0 aliphatic heterocycles. The van der Waals surface area contributed by atoms with Gasteiger partial charge >= 0.3 is 0 Å². The van der Waals surface area contributed by atoms with Crippen LogP contribution in [0.3, 0.4) is 0 Å². The second-order valence-electron chi connectivity index (χ2n) is 3.57. The highest BCUT2D eigenvalue weighted by molar-refractivity contribution is 6.34. The van der Waals surface area contributed by atoms with E-state index in [2.05, 4.69) is 9.97 Å². The van der Waals surface area contributed by atoms with Crippen LogP contribution in [0.25, 0.3) is 11.4 Å². The lowest BCUT2D eigenvalue weighted by molar-refractivity contribution is 1.13. The Kier molecular flexibility index (Phi) is 3.13. The fourth-order valence-electron chi connectivity index (χ4n) is 1.41. The summed E-state index contributed by atoms with van der Waals surface area (Å²) in [7, 11) is 0. The summed E-state index contributed by atoms with van der Waals surface area (Å²) < 4.78 is 0. The molecular weight excluding hydrogens is 243 g/mol. The molecule has 0 bridgehead atoms. The highest BCUT2D eigenvalue weighted by atomic mass is 35.5. The Morgan fingerprint density at radius 1 is 0.938 bits per heavy atom. The van der Waals surface area contributed by atoms with E-state index in [1.165, 1.54) is 0 Å². The van der Waals surface area contributed by atoms with Crippen molar-refractivity contribution in [3.63, 3.8) is 0 Å². The van der Waals surface area contributed by atoms with Crippen molar-refractivity contribution in [2.45, 2.75) is 13.8 Å². The number of hydrogen-bond donors (Lipinski definition) is 0. The summed E-state index contributed by atoms with van der Waals surface area (Å²) >= 11 is 12.0. The standard InChI is InChI=1S/C12H10Cl2N2/c1-7-5-3-4-6-9(7)12-15-10(13)8(2)11(14)16-12/h3-6H,1-2H3. The molecule has 0 atom stereocenters. The molecule has 0 saturated heterocycles. The zero-order valence-electron chi connectivity index (χ0n) is 8.96. The van der Waals surface area contributed by atoms with Gasteiger partial charge in [-0.05, 0) is 19.4 Å². The maximum atomic E-state index is 5.99. The van der Waals surface area contributed by atoms with E-state index in [1.807, 2.05) is 31.2 Å². The molecule has 0 spiro atoms. The molecule has 0 fully saturated rings. The maximum absolute atomic E-state index is 5.99. The van der Waals surface area contributed by atoms with Crippen molar-refractivity contribution < 1.29 is 0 Å². The van der Waals surface area contributed by atoms with Crippen molar-refractivity contribution in [3.05, 3.63) is 45.7 Å². The molecule has 0 unspecified atom stereocenters. The lowest BCUT2D eigenvalue weighted by atomic mass is 10.1. The Bertz CT molecular complexity index is 515. The van der Waals surface area contributed by atoms with Crippen LogP contribution in [-0.4, -0.2) is 9.97 Å². The summed E-state index contributed by atoms with van der Waals surface area (Å²) in [6, 6.07) is 7.86. The van der Waals surface area contributed by atoms with Gasteiger partial charge in [-0.25, -0.2) is 9.97 Å². The molecule has 0 saturated carbocycles. The third-order valence-electron chi connectivity index (χ3n) is 2.41. The lowest BCUT2D eigenvalue weighted by Gasteiger charge is -2.06. The minimum atomic E-state index is 0.401. The van der Waals surface area contributed by atoms with Crippen molar-refractivity contribution in [2.75, 3.05) is 0 Å². The molecule has 0 radical (unpaired) electrons. The number of aromatic nitrogens is 2. The van der Waals surface area contributed by atoms with Crippen LogP contribution in [0.4, 0.5) is 0 Å². The number of benzene rings is 1. The molecular formula is C12H10Cl2N2. The monoisotopic (exact) mass is 252 g/mol. The number of aryl methyl sites for hydroxylation is 1. The first-order valence-electron chi connectivity index (χ1n) is 4.85. The van der Waals surface area contributed by atoms with Crippen LogP contribution in [0.5, 0.6) is 0 Å². The summed E-state index contributed by atoms with van der Waals surface area (Å²) in [5.74, 6) is 0.568. The Balaban J connectivity index is 2.62. The Hall–Kier alpha value is -1.12. The van der Waals surface area contributed by atoms with E-state index in [-0.39, 0.29) is 0 Å². The van der Waals surface area contributed by atoms with Crippen LogP contribution in [0.15, 0.2) is 24.3 Å². The van der Waals surface area contributed by atoms with E-state index < -0.39 is 0 Å². The van der Waals surface area contributed by atoms with Crippen molar-refractivity contribution in [1.82, 2.24) is 9.97 Å². The van der Waals surface area contributed by atoms with E-state index >= 15 is 0 Å². The van der Waals surface area contributed by atoms with E-state index in [4.69, 9.17) is 23.2 Å². The predicted octanol–water partition coefficient (Wildman–Crippen LogP) is 4.07. The average Bonchev–Trinajstić information content (AvgIpc) is 2.26. The van der Waals surface area contributed by atoms with Crippen LogP contribution in [0.1, 0.15) is 11.1 Å². The lowest BCUT2D eigenvalue weighted by Crippen LogP contribution is -1.95. The molecule has 0 aliphatic carbocycles. The van der Waals surface area contributed by atoms with Crippen LogP contribution in [-0.2, 0) is 0 Å². The topological polar surface area (TPSA) is 25.8 Å². The van der Waals surface area contributed by atoms with Gasteiger partial charge in [0.05, 0.1) is 0 Å². The van der Waals surface area contributed by atoms with Gasteiger partial charge in [0.2, 0.25) is 0 Å². The summed E-state index contributed by atoms with van der Waals surface area (Å²) in [6.07, 6.45) is 0. The predicted molar refractivity (Wildman–Crippen MR) is 67.0 cm³/mol. The van der Waals surface area contributed by atoms with Gasteiger partial charge < -0.3 is 0 Å². The van der Waals surface area contributed by atoms with Crippen LogP contribution >= 0.6 is 23.2 Å². The normalized spacial score (nSPS) is 10.5. The summed E-state index contributed by atoms with van der Waals surface area (Å²) in [4.78, 5) is 8.47. The van der Waals surface area contributed by atoms with Crippen molar-refractivity contribution in [3.8, 4) is 11.4 Å². The average molecular weight is 253 g/mol. The first-order valence-corrected chi connectivity index (χ1v) is 5.61. The third-order valence-corrected chi connectivity index (χ3v) is 3.15. The first kappa shape index (κ1) is 11.4. The SMILES string of the molecule is Cc1ccccc1-c1nc(Cl)c(C)c(Cl)n1. The van der Waals surface area contributed by atoms with Crippen LogP contribution < -0.4 is 0 Å². The maximum Gasteiger partial charge on any atom is 0.162 e. The molecule has 2 rings (SSSR count). The second-order valence-corrected chi connectivity index (χ2v) is 4.28. The minimum Gasteiger partial charge on any atom is -0.216 e. The molecule has 1 aromatic heterocycles. The molecule has 0 N–H and O–H groups in total. The molecule has 0 aliphatic rings. The molecule has 1 aromatic carbocycles. The van der Waals surface area contributed by atoms with Gasteiger partial charge in [0.15, 0.2) is 5.82 Å². The molecule has 82 valence electrons. The minimum absolute atomic E-state index is 0.401. The zero-order chi connectivity index (χ0) is 11.7. The molecule has 2 nitrogen and oxygen atoms in total. The van der Waals surface area contributed by atoms with E-state index in [1.54, 1.807) is 6.92 Å². The van der Waals surface area contributed by atoms with Crippen LogP contribution in [0.2, 0.25) is 10.3 Å². The molecule has 1 heterocycles. The number of halogens is 2. The van der Waals surface area contributed by atoms with Crippen molar-refractivity contribution >= 4 is 23.2 Å². The fraction of sp³-hybridized carbons (Fsp3) is 0.167. The fourth-order valence-corrected chi connectivity index (χ4v) is 1.80. The molecule has 2 aromatic rings. The molecule has 16 heavy (non-hydrogen) atoms. The number of hydrogen-bond acceptors (Lipinski definition) is 2. The smallest absolute Gasteiger partial charge is 0.162 e. The van der Waals surface area contributed by atoms with E-state index in [9.17, 15) is 0 Å². The Labute approximate surface area is 104 Å². The number of rotatable bonds is 1. The largest absolute Gasteiger partial charge is 0.216 e. The summed E-state index contributed by atoms with van der Waals surface area (Å²) in [6.45, 7) is 3.80. The van der Waals surface area contributed by atoms with Gasteiger partial charge in [-0.1, -0.05) is 47.5 Å². The third kappa shape index (κ3) is 2.04. The highest BCUT2D eigenvalue weighted by Gasteiger charge is 2.10. The van der Waals surface area contributed by atoms with Gasteiger partial charge in [-0.2, -0.15) is 0 Å². The van der Waals surface area contributed by atoms with Gasteiger partial charge in [0.25, 0.3) is 0 Å². The van der Waals surface area contributed by atoms with E-state index in [0.29, 0.717) is 21.7 Å². The van der Waals surface area contributed by atoms with E-state index in [0.717, 1.165) is 11.1 Å². The summed E-state index contributed by atoms with van der Waals surface area (Å²) in [5.41, 5.74) is 2.76. The number of nitrogens with zero attached hydrogens (tertiary/aromatic N) is 2.